The lowest BCUT2D eigenvalue weighted by atomic mass is 9.77. The van der Waals surface area contributed by atoms with Gasteiger partial charge in [-0.15, -0.1) is 11.3 Å². The van der Waals surface area contributed by atoms with Crippen LogP contribution in [0.1, 0.15) is 39.5 Å². The quantitative estimate of drug-likeness (QED) is 0.759. The van der Waals surface area contributed by atoms with Crippen LogP contribution in [0.15, 0.2) is 23.7 Å². The smallest absolute Gasteiger partial charge is 0.169 e. The Hall–Kier alpha value is -1.44. The second-order valence-electron chi connectivity index (χ2n) is 8.25. The van der Waals surface area contributed by atoms with Crippen LogP contribution in [0, 0.1) is 5.92 Å². The van der Waals surface area contributed by atoms with Crippen LogP contribution in [0.3, 0.4) is 0 Å². The Kier molecular flexibility index (Phi) is 5.27. The number of benzene rings is 1. The minimum absolute atomic E-state index is 0.156. The van der Waals surface area contributed by atoms with Crippen molar-refractivity contribution in [3.63, 3.8) is 0 Å². The highest BCUT2D eigenvalue weighted by Crippen LogP contribution is 2.33. The molecule has 5 nitrogen and oxygen atoms in total. The van der Waals surface area contributed by atoms with Gasteiger partial charge >= 0.3 is 0 Å². The first-order valence-electron chi connectivity index (χ1n) is 9.67. The molecular formula is C20H27N3O2S2. The second-order valence-corrected chi connectivity index (χ2v) is 9.52. The number of hydrogen-bond acceptors (Lipinski definition) is 5. The largest absolute Gasteiger partial charge is 0.484 e. The van der Waals surface area contributed by atoms with Gasteiger partial charge in [-0.3, -0.25) is 0 Å². The monoisotopic (exact) mass is 405 g/mol. The number of ether oxygens (including phenoxy) is 1. The van der Waals surface area contributed by atoms with Gasteiger partial charge in [0.15, 0.2) is 5.11 Å². The summed E-state index contributed by atoms with van der Waals surface area (Å²) in [4.78, 5) is 6.58. The number of rotatable bonds is 4. The van der Waals surface area contributed by atoms with E-state index in [0.717, 1.165) is 59.9 Å². The van der Waals surface area contributed by atoms with Crippen molar-refractivity contribution in [2.75, 3.05) is 13.1 Å². The Labute approximate surface area is 169 Å². The van der Waals surface area contributed by atoms with Gasteiger partial charge < -0.3 is 20.1 Å². The lowest BCUT2D eigenvalue weighted by Crippen LogP contribution is -2.60. The summed E-state index contributed by atoms with van der Waals surface area (Å²) in [6.45, 7) is 5.46. The zero-order valence-electron chi connectivity index (χ0n) is 15.9. The molecule has 1 aromatic heterocycles. The average molecular weight is 406 g/mol. The molecule has 0 amide bonds. The van der Waals surface area contributed by atoms with E-state index in [4.69, 9.17) is 17.0 Å². The summed E-state index contributed by atoms with van der Waals surface area (Å²) in [5.41, 5.74) is 2.23. The van der Waals surface area contributed by atoms with Gasteiger partial charge in [0, 0.05) is 6.04 Å². The number of hydrogen-bond donors (Lipinski definition) is 2. The SMILES string of the molecule is CC(C)(O)[C@H]1CC[C@H](NC(=S)N2CC(Oc3cccc4scnc34)C2)CC1. The number of fused-ring (bicyclic) bond motifs is 1. The lowest BCUT2D eigenvalue weighted by molar-refractivity contribution is -0.00237. The van der Waals surface area contributed by atoms with E-state index in [9.17, 15) is 5.11 Å². The number of likely N-dealkylation sites (tertiary alicyclic amines) is 1. The van der Waals surface area contributed by atoms with Gasteiger partial charge in [0.1, 0.15) is 17.4 Å². The van der Waals surface area contributed by atoms with E-state index in [1.54, 1.807) is 11.3 Å². The third-order valence-corrected chi connectivity index (χ3v) is 6.98. The van der Waals surface area contributed by atoms with Crippen molar-refractivity contribution >= 4 is 38.9 Å². The third kappa shape index (κ3) is 4.20. The normalized spacial score (nSPS) is 23.9. The van der Waals surface area contributed by atoms with Crippen LogP contribution >= 0.6 is 23.6 Å². The van der Waals surface area contributed by atoms with Gasteiger partial charge in [0.25, 0.3) is 0 Å². The van der Waals surface area contributed by atoms with Crippen LogP contribution in [-0.4, -0.2) is 50.9 Å². The molecule has 7 heteroatoms. The second kappa shape index (κ2) is 7.53. The molecule has 0 radical (unpaired) electrons. The van der Waals surface area contributed by atoms with Crippen LogP contribution in [-0.2, 0) is 0 Å². The van der Waals surface area contributed by atoms with E-state index in [1.807, 2.05) is 31.5 Å². The molecule has 0 unspecified atom stereocenters. The van der Waals surface area contributed by atoms with Gasteiger partial charge in [0.05, 0.1) is 28.9 Å². The minimum Gasteiger partial charge on any atom is -0.484 e. The van der Waals surface area contributed by atoms with Crippen molar-refractivity contribution in [2.45, 2.75) is 57.3 Å². The summed E-state index contributed by atoms with van der Waals surface area (Å²) in [5.74, 6) is 1.25. The predicted octanol–water partition coefficient (Wildman–Crippen LogP) is 3.56. The zero-order chi connectivity index (χ0) is 19.0. The van der Waals surface area contributed by atoms with Crippen molar-refractivity contribution in [1.29, 1.82) is 0 Å². The van der Waals surface area contributed by atoms with Crippen molar-refractivity contribution in [1.82, 2.24) is 15.2 Å². The van der Waals surface area contributed by atoms with Crippen LogP contribution in [0.4, 0.5) is 0 Å². The number of aromatic nitrogens is 1. The first-order chi connectivity index (χ1) is 12.9. The molecular weight excluding hydrogens is 378 g/mol. The van der Waals surface area contributed by atoms with Gasteiger partial charge in [-0.2, -0.15) is 0 Å². The van der Waals surface area contributed by atoms with Crippen LogP contribution < -0.4 is 10.1 Å². The fourth-order valence-electron chi connectivity index (χ4n) is 4.02. The predicted molar refractivity (Wildman–Crippen MR) is 113 cm³/mol. The molecule has 2 N–H and O–H groups in total. The van der Waals surface area contributed by atoms with Crippen LogP contribution in [0.5, 0.6) is 5.75 Å². The van der Waals surface area contributed by atoms with Crippen LogP contribution in [0.2, 0.25) is 0 Å². The number of nitrogens with one attached hydrogen (secondary N) is 1. The Morgan fingerprint density at radius 1 is 1.30 bits per heavy atom. The highest BCUT2D eigenvalue weighted by atomic mass is 32.1. The Morgan fingerprint density at radius 3 is 2.74 bits per heavy atom. The third-order valence-electron chi connectivity index (χ3n) is 5.81. The first-order valence-corrected chi connectivity index (χ1v) is 11.0. The van der Waals surface area contributed by atoms with Gasteiger partial charge in [0.2, 0.25) is 0 Å². The summed E-state index contributed by atoms with van der Waals surface area (Å²) in [7, 11) is 0. The van der Waals surface area contributed by atoms with Crippen molar-refractivity contribution in [3.05, 3.63) is 23.7 Å². The number of aliphatic hydroxyl groups is 1. The minimum atomic E-state index is -0.576. The summed E-state index contributed by atoms with van der Waals surface area (Å²) < 4.78 is 7.29. The molecule has 0 atom stereocenters. The molecule has 1 aliphatic heterocycles. The summed E-state index contributed by atoms with van der Waals surface area (Å²) >= 11 is 7.22. The molecule has 0 bridgehead atoms. The fraction of sp³-hybridized carbons (Fsp3) is 0.600. The maximum Gasteiger partial charge on any atom is 0.169 e. The first kappa shape index (κ1) is 18.9. The summed E-state index contributed by atoms with van der Waals surface area (Å²) in [6.07, 6.45) is 4.38. The maximum atomic E-state index is 10.2. The molecule has 2 fully saturated rings. The molecule has 1 aromatic carbocycles. The van der Waals surface area contributed by atoms with Crippen LogP contribution in [0.25, 0.3) is 10.2 Å². The molecule has 1 saturated carbocycles. The summed E-state index contributed by atoms with van der Waals surface area (Å²) in [5, 5.41) is 14.5. The van der Waals surface area contributed by atoms with E-state index in [-0.39, 0.29) is 6.10 Å². The fourth-order valence-corrected chi connectivity index (χ4v) is 5.03. The maximum absolute atomic E-state index is 10.2. The van der Waals surface area contributed by atoms with E-state index in [2.05, 4.69) is 21.3 Å². The molecule has 27 heavy (non-hydrogen) atoms. The van der Waals surface area contributed by atoms with Gasteiger partial charge in [-0.1, -0.05) is 6.07 Å². The molecule has 4 rings (SSSR count). The molecule has 2 aliphatic rings. The Morgan fingerprint density at radius 2 is 2.04 bits per heavy atom. The zero-order valence-corrected chi connectivity index (χ0v) is 17.5. The van der Waals surface area contributed by atoms with Gasteiger partial charge in [-0.05, 0) is 69.8 Å². The number of thiazole rings is 1. The van der Waals surface area contributed by atoms with Gasteiger partial charge in [-0.25, -0.2) is 4.98 Å². The summed E-state index contributed by atoms with van der Waals surface area (Å²) in [6, 6.07) is 6.49. The number of nitrogens with zero attached hydrogens (tertiary/aromatic N) is 2. The molecule has 1 saturated heterocycles. The van der Waals surface area contributed by atoms with E-state index >= 15 is 0 Å². The van der Waals surface area contributed by atoms with Crippen molar-refractivity contribution in [3.8, 4) is 5.75 Å². The Balaban J connectivity index is 1.23. The molecule has 146 valence electrons. The molecule has 2 aromatic rings. The highest BCUT2D eigenvalue weighted by molar-refractivity contribution is 7.80. The standard InChI is InChI=1S/C20H27N3O2S2/c1-20(2,24)13-6-8-14(9-7-13)22-19(26)23-10-15(11-23)25-16-4-3-5-17-18(16)21-12-27-17/h3-5,12-15,24H,6-11H2,1-2H3,(H,22,26)/t13-,14-. The molecule has 1 aliphatic carbocycles. The topological polar surface area (TPSA) is 57.6 Å². The lowest BCUT2D eigenvalue weighted by Gasteiger charge is -2.42. The number of para-hydroxylation sites is 1. The van der Waals surface area contributed by atoms with E-state index in [1.165, 1.54) is 0 Å². The van der Waals surface area contributed by atoms with E-state index < -0.39 is 5.60 Å². The molecule has 2 heterocycles. The van der Waals surface area contributed by atoms with E-state index in [0.29, 0.717) is 12.0 Å². The van der Waals surface area contributed by atoms with Crippen molar-refractivity contribution < 1.29 is 9.84 Å². The van der Waals surface area contributed by atoms with Crippen molar-refractivity contribution in [2.24, 2.45) is 5.92 Å². The molecule has 0 spiro atoms. The Bertz CT molecular complexity index is 803. The highest BCUT2D eigenvalue weighted by Gasteiger charge is 2.34. The number of thiocarbonyl (C=S) groups is 1. The average Bonchev–Trinajstić information content (AvgIpc) is 3.06.